The van der Waals surface area contributed by atoms with Crippen molar-refractivity contribution in [1.82, 2.24) is 4.72 Å². The molecule has 0 unspecified atom stereocenters. The van der Waals surface area contributed by atoms with Crippen LogP contribution < -0.4 is 9.46 Å². The number of carboxylic acids is 1. The van der Waals surface area contributed by atoms with Crippen LogP contribution in [0.3, 0.4) is 0 Å². The van der Waals surface area contributed by atoms with E-state index in [-0.39, 0.29) is 28.9 Å². The van der Waals surface area contributed by atoms with Crippen LogP contribution in [0, 0.1) is 0 Å². The lowest BCUT2D eigenvalue weighted by Gasteiger charge is -2.12. The fourth-order valence-corrected chi connectivity index (χ4v) is 3.20. The number of methoxy groups -OCH3 is 1. The number of nitrogens with one attached hydrogen (secondary N) is 1. The highest BCUT2D eigenvalue weighted by atomic mass is 32.2. The summed E-state index contributed by atoms with van der Waals surface area (Å²) in [7, 11) is -2.45. The molecular formula is C13H17NO6S. The van der Waals surface area contributed by atoms with Gasteiger partial charge in [0.1, 0.15) is 11.3 Å². The van der Waals surface area contributed by atoms with Crippen LogP contribution in [0.1, 0.15) is 23.2 Å². The fraction of sp³-hybridized carbons (Fsp3) is 0.462. The number of carbonyl (C=O) groups is 1. The maximum absolute atomic E-state index is 12.2. The van der Waals surface area contributed by atoms with Gasteiger partial charge in [-0.2, -0.15) is 0 Å². The lowest BCUT2D eigenvalue weighted by atomic mass is 10.2. The first-order valence-electron chi connectivity index (χ1n) is 6.46. The minimum Gasteiger partial charge on any atom is -0.496 e. The second-order valence-corrected chi connectivity index (χ2v) is 6.42. The van der Waals surface area contributed by atoms with Crippen LogP contribution in [0.15, 0.2) is 23.1 Å². The van der Waals surface area contributed by atoms with Crippen molar-refractivity contribution in [3.05, 3.63) is 23.8 Å². The monoisotopic (exact) mass is 315 g/mol. The Morgan fingerprint density at radius 1 is 1.52 bits per heavy atom. The molecule has 1 heterocycles. The largest absolute Gasteiger partial charge is 0.496 e. The summed E-state index contributed by atoms with van der Waals surface area (Å²) in [6, 6.07) is 3.71. The standard InChI is InChI=1S/C13H17NO6S/c1-19-12-5-4-10(7-11(12)13(15)16)21(17,18)14-8-9-3-2-6-20-9/h4-5,7,9,14H,2-3,6,8H2,1H3,(H,15,16)/t9-/m0/s1. The Balaban J connectivity index is 2.18. The highest BCUT2D eigenvalue weighted by Gasteiger charge is 2.22. The van der Waals surface area contributed by atoms with E-state index in [4.69, 9.17) is 14.6 Å². The molecule has 8 heteroatoms. The highest BCUT2D eigenvalue weighted by Crippen LogP contribution is 2.22. The number of aromatic carboxylic acids is 1. The average molecular weight is 315 g/mol. The summed E-state index contributed by atoms with van der Waals surface area (Å²) in [5.41, 5.74) is -0.197. The summed E-state index contributed by atoms with van der Waals surface area (Å²) in [4.78, 5) is 11.0. The molecule has 7 nitrogen and oxygen atoms in total. The molecule has 0 aromatic heterocycles. The number of hydrogen-bond acceptors (Lipinski definition) is 5. The van der Waals surface area contributed by atoms with Crippen molar-refractivity contribution in [2.24, 2.45) is 0 Å². The molecule has 1 aromatic carbocycles. The lowest BCUT2D eigenvalue weighted by molar-refractivity contribution is 0.0693. The zero-order valence-corrected chi connectivity index (χ0v) is 12.4. The molecule has 1 aliphatic heterocycles. The number of ether oxygens (including phenoxy) is 2. The van der Waals surface area contributed by atoms with E-state index in [1.165, 1.54) is 19.2 Å². The van der Waals surface area contributed by atoms with E-state index in [1.54, 1.807) is 0 Å². The Morgan fingerprint density at radius 3 is 2.86 bits per heavy atom. The zero-order chi connectivity index (χ0) is 15.5. The van der Waals surface area contributed by atoms with E-state index in [1.807, 2.05) is 0 Å². The van der Waals surface area contributed by atoms with Gasteiger partial charge >= 0.3 is 5.97 Å². The number of rotatable bonds is 6. The van der Waals surface area contributed by atoms with Gasteiger partial charge in [0.2, 0.25) is 10.0 Å². The Hall–Kier alpha value is -1.64. The first-order valence-corrected chi connectivity index (χ1v) is 7.95. The third kappa shape index (κ3) is 3.72. The van der Waals surface area contributed by atoms with Gasteiger partial charge in [-0.3, -0.25) is 0 Å². The number of hydrogen-bond donors (Lipinski definition) is 2. The Labute approximate surface area is 122 Å². The third-order valence-electron chi connectivity index (χ3n) is 3.24. The molecule has 1 aliphatic rings. The molecule has 2 rings (SSSR count). The molecule has 1 fully saturated rings. The van der Waals surface area contributed by atoms with Gasteiger partial charge in [-0.15, -0.1) is 0 Å². The second-order valence-electron chi connectivity index (χ2n) is 4.65. The fourth-order valence-electron chi connectivity index (χ4n) is 2.11. The van der Waals surface area contributed by atoms with Gasteiger partial charge in [0, 0.05) is 13.2 Å². The molecule has 0 saturated carbocycles. The summed E-state index contributed by atoms with van der Waals surface area (Å²) in [6.45, 7) is 0.814. The van der Waals surface area contributed by atoms with E-state index in [2.05, 4.69) is 4.72 Å². The average Bonchev–Trinajstić information content (AvgIpc) is 2.97. The topological polar surface area (TPSA) is 102 Å². The van der Waals surface area contributed by atoms with Crippen LogP contribution in [-0.2, 0) is 14.8 Å². The molecule has 1 atom stereocenters. The molecule has 116 valence electrons. The molecule has 21 heavy (non-hydrogen) atoms. The smallest absolute Gasteiger partial charge is 0.339 e. The Kier molecular flexibility index (Phi) is 4.81. The lowest BCUT2D eigenvalue weighted by Crippen LogP contribution is -2.31. The quantitative estimate of drug-likeness (QED) is 0.807. The SMILES string of the molecule is COc1ccc(S(=O)(=O)NC[C@@H]2CCCO2)cc1C(=O)O. The van der Waals surface area contributed by atoms with Crippen LogP contribution in [0.4, 0.5) is 0 Å². The van der Waals surface area contributed by atoms with Crippen molar-refractivity contribution in [2.75, 3.05) is 20.3 Å². The summed E-state index contributed by atoms with van der Waals surface area (Å²) in [6.07, 6.45) is 1.60. The summed E-state index contributed by atoms with van der Waals surface area (Å²) >= 11 is 0. The van der Waals surface area contributed by atoms with Gasteiger partial charge in [0.25, 0.3) is 0 Å². The van der Waals surface area contributed by atoms with Crippen molar-refractivity contribution in [3.8, 4) is 5.75 Å². The summed E-state index contributed by atoms with van der Waals surface area (Å²) in [5, 5.41) is 9.07. The summed E-state index contributed by atoms with van der Waals surface area (Å²) < 4.78 is 37.0. The third-order valence-corrected chi connectivity index (χ3v) is 4.66. The second kappa shape index (κ2) is 6.42. The van der Waals surface area contributed by atoms with Crippen LogP contribution in [0.2, 0.25) is 0 Å². The predicted octanol–water partition coefficient (Wildman–Crippen LogP) is 0.851. The molecule has 0 amide bonds. The van der Waals surface area contributed by atoms with Gasteiger partial charge in [-0.1, -0.05) is 0 Å². The first kappa shape index (κ1) is 15.7. The maximum atomic E-state index is 12.2. The molecule has 0 aliphatic carbocycles. The molecule has 0 radical (unpaired) electrons. The summed E-state index contributed by atoms with van der Waals surface area (Å²) in [5.74, 6) is -1.14. The normalized spacial score (nSPS) is 18.6. The van der Waals surface area contributed by atoms with Crippen molar-refractivity contribution in [1.29, 1.82) is 0 Å². The number of benzene rings is 1. The van der Waals surface area contributed by atoms with Crippen molar-refractivity contribution in [2.45, 2.75) is 23.8 Å². The van der Waals surface area contributed by atoms with E-state index in [0.29, 0.717) is 6.61 Å². The molecule has 1 saturated heterocycles. The molecule has 1 aromatic rings. The number of sulfonamides is 1. The van der Waals surface area contributed by atoms with Crippen molar-refractivity contribution < 1.29 is 27.8 Å². The van der Waals surface area contributed by atoms with E-state index in [9.17, 15) is 13.2 Å². The number of carboxylic acid groups (broad SMARTS) is 1. The van der Waals surface area contributed by atoms with Crippen LogP contribution in [-0.4, -0.2) is 45.9 Å². The molecule has 0 spiro atoms. The van der Waals surface area contributed by atoms with Crippen LogP contribution in [0.25, 0.3) is 0 Å². The van der Waals surface area contributed by atoms with E-state index in [0.717, 1.165) is 18.9 Å². The van der Waals surface area contributed by atoms with Gasteiger partial charge in [0.15, 0.2) is 0 Å². The van der Waals surface area contributed by atoms with Gasteiger partial charge in [0.05, 0.1) is 18.1 Å². The van der Waals surface area contributed by atoms with Gasteiger partial charge < -0.3 is 14.6 Å². The van der Waals surface area contributed by atoms with Crippen molar-refractivity contribution in [3.63, 3.8) is 0 Å². The predicted molar refractivity (Wildman–Crippen MR) is 74.1 cm³/mol. The molecule has 2 N–H and O–H groups in total. The minimum absolute atomic E-state index is 0.112. The maximum Gasteiger partial charge on any atom is 0.339 e. The van der Waals surface area contributed by atoms with Crippen LogP contribution >= 0.6 is 0 Å². The highest BCUT2D eigenvalue weighted by molar-refractivity contribution is 7.89. The Bertz CT molecular complexity index is 622. The Morgan fingerprint density at radius 2 is 2.29 bits per heavy atom. The zero-order valence-electron chi connectivity index (χ0n) is 11.5. The van der Waals surface area contributed by atoms with E-state index >= 15 is 0 Å². The first-order chi connectivity index (χ1) is 9.94. The van der Waals surface area contributed by atoms with Crippen molar-refractivity contribution >= 4 is 16.0 Å². The molecule has 0 bridgehead atoms. The molecular weight excluding hydrogens is 298 g/mol. The van der Waals surface area contributed by atoms with Gasteiger partial charge in [-0.05, 0) is 31.0 Å². The van der Waals surface area contributed by atoms with Gasteiger partial charge in [-0.25, -0.2) is 17.9 Å². The van der Waals surface area contributed by atoms with E-state index < -0.39 is 16.0 Å². The van der Waals surface area contributed by atoms with Crippen LogP contribution in [0.5, 0.6) is 5.75 Å². The minimum atomic E-state index is -3.78.